The lowest BCUT2D eigenvalue weighted by Crippen LogP contribution is -2.27. The summed E-state index contributed by atoms with van der Waals surface area (Å²) in [6, 6.07) is 7.82. The third-order valence-corrected chi connectivity index (χ3v) is 2.90. The molecule has 0 aliphatic heterocycles. The van der Waals surface area contributed by atoms with Crippen LogP contribution in [0.15, 0.2) is 24.3 Å². The molecule has 3 heteroatoms. The second kappa shape index (κ2) is 4.56. The van der Waals surface area contributed by atoms with Crippen LogP contribution in [-0.2, 0) is 11.3 Å². The van der Waals surface area contributed by atoms with Crippen molar-refractivity contribution in [1.29, 1.82) is 0 Å². The molecule has 0 saturated heterocycles. The Kier molecular flexibility index (Phi) is 3.13. The molecular weight excluding hydrogens is 202 g/mol. The molecule has 86 valence electrons. The van der Waals surface area contributed by atoms with Gasteiger partial charge in [-0.1, -0.05) is 18.2 Å². The van der Waals surface area contributed by atoms with Crippen molar-refractivity contribution < 1.29 is 9.53 Å². The molecule has 1 aliphatic carbocycles. The number of carbonyl (C=O) groups is 1. The van der Waals surface area contributed by atoms with E-state index in [9.17, 15) is 4.79 Å². The smallest absolute Gasteiger partial charge is 0.225 e. The van der Waals surface area contributed by atoms with Gasteiger partial charge in [-0.2, -0.15) is 0 Å². The maximum atomic E-state index is 11.8. The molecule has 0 bridgehead atoms. The number of ether oxygens (including phenoxy) is 1. The molecule has 1 aromatic rings. The van der Waals surface area contributed by atoms with Crippen molar-refractivity contribution in [2.45, 2.75) is 19.4 Å². The molecule has 3 nitrogen and oxygen atoms in total. The number of nitrogens with zero attached hydrogens (tertiary/aromatic N) is 1. The summed E-state index contributed by atoms with van der Waals surface area (Å²) in [5.41, 5.74) is 1.06. The van der Waals surface area contributed by atoms with Gasteiger partial charge in [-0.15, -0.1) is 0 Å². The topological polar surface area (TPSA) is 29.5 Å². The van der Waals surface area contributed by atoms with E-state index in [2.05, 4.69) is 0 Å². The van der Waals surface area contributed by atoms with Crippen LogP contribution in [0, 0.1) is 5.92 Å². The predicted octanol–water partition coefficient (Wildman–Crippen LogP) is 2.06. The zero-order chi connectivity index (χ0) is 11.5. The zero-order valence-electron chi connectivity index (χ0n) is 9.77. The van der Waals surface area contributed by atoms with Gasteiger partial charge in [-0.3, -0.25) is 4.79 Å². The third-order valence-electron chi connectivity index (χ3n) is 2.90. The Bertz CT molecular complexity index is 385. The standard InChI is InChI=1S/C13H17NO2/c1-14(13(15)10-7-8-10)9-11-5-3-4-6-12(11)16-2/h3-6,10H,7-9H2,1-2H3. The molecule has 1 aliphatic rings. The minimum absolute atomic E-state index is 0.255. The zero-order valence-corrected chi connectivity index (χ0v) is 9.77. The normalized spacial score (nSPS) is 14.6. The molecule has 0 heterocycles. The summed E-state index contributed by atoms with van der Waals surface area (Å²) in [5.74, 6) is 1.38. The molecular formula is C13H17NO2. The minimum Gasteiger partial charge on any atom is -0.496 e. The van der Waals surface area contributed by atoms with Crippen LogP contribution in [0.25, 0.3) is 0 Å². The summed E-state index contributed by atoms with van der Waals surface area (Å²) < 4.78 is 5.26. The van der Waals surface area contributed by atoms with Crippen molar-refractivity contribution >= 4 is 5.91 Å². The summed E-state index contributed by atoms with van der Waals surface area (Å²) in [5, 5.41) is 0. The number of hydrogen-bond donors (Lipinski definition) is 0. The fraction of sp³-hybridized carbons (Fsp3) is 0.462. The molecule has 0 spiro atoms. The van der Waals surface area contributed by atoms with E-state index >= 15 is 0 Å². The van der Waals surface area contributed by atoms with Crippen LogP contribution in [0.5, 0.6) is 5.75 Å². The van der Waals surface area contributed by atoms with E-state index in [0.29, 0.717) is 6.54 Å². The van der Waals surface area contributed by atoms with Crippen molar-refractivity contribution in [3.63, 3.8) is 0 Å². The first-order valence-corrected chi connectivity index (χ1v) is 5.59. The van der Waals surface area contributed by atoms with Crippen LogP contribution >= 0.6 is 0 Å². The Morgan fingerprint density at radius 1 is 1.44 bits per heavy atom. The monoisotopic (exact) mass is 219 g/mol. The average Bonchev–Trinajstić information content (AvgIpc) is 3.12. The Hall–Kier alpha value is -1.51. The number of amides is 1. The van der Waals surface area contributed by atoms with Crippen LogP contribution in [0.1, 0.15) is 18.4 Å². The average molecular weight is 219 g/mol. The Balaban J connectivity index is 2.04. The minimum atomic E-state index is 0.255. The van der Waals surface area contributed by atoms with E-state index in [1.165, 1.54) is 0 Å². The van der Waals surface area contributed by atoms with E-state index in [4.69, 9.17) is 4.74 Å². The summed E-state index contributed by atoms with van der Waals surface area (Å²) in [6.45, 7) is 0.624. The first-order valence-electron chi connectivity index (χ1n) is 5.59. The van der Waals surface area contributed by atoms with Crippen LogP contribution in [0.2, 0.25) is 0 Å². The Morgan fingerprint density at radius 3 is 2.75 bits per heavy atom. The van der Waals surface area contributed by atoms with Gasteiger partial charge >= 0.3 is 0 Å². The quantitative estimate of drug-likeness (QED) is 0.775. The highest BCUT2D eigenvalue weighted by Gasteiger charge is 2.32. The molecule has 0 aromatic heterocycles. The highest BCUT2D eigenvalue weighted by Crippen LogP contribution is 2.31. The molecule has 1 fully saturated rings. The van der Waals surface area contributed by atoms with E-state index < -0.39 is 0 Å². The van der Waals surface area contributed by atoms with Crippen LogP contribution < -0.4 is 4.74 Å². The Morgan fingerprint density at radius 2 is 2.12 bits per heavy atom. The maximum Gasteiger partial charge on any atom is 0.225 e. The fourth-order valence-corrected chi connectivity index (χ4v) is 1.81. The second-order valence-electron chi connectivity index (χ2n) is 4.28. The lowest BCUT2D eigenvalue weighted by Gasteiger charge is -2.18. The molecule has 0 N–H and O–H groups in total. The maximum absolute atomic E-state index is 11.8. The summed E-state index contributed by atoms with van der Waals surface area (Å²) in [7, 11) is 3.51. The highest BCUT2D eigenvalue weighted by atomic mass is 16.5. The van der Waals surface area contributed by atoms with E-state index in [-0.39, 0.29) is 11.8 Å². The fourth-order valence-electron chi connectivity index (χ4n) is 1.81. The number of rotatable bonds is 4. The van der Waals surface area contributed by atoms with Gasteiger partial charge in [-0.25, -0.2) is 0 Å². The van der Waals surface area contributed by atoms with Crippen LogP contribution in [0.4, 0.5) is 0 Å². The molecule has 16 heavy (non-hydrogen) atoms. The van der Waals surface area contributed by atoms with Gasteiger partial charge in [0.25, 0.3) is 0 Å². The predicted molar refractivity (Wildman–Crippen MR) is 62.2 cm³/mol. The molecule has 1 aromatic carbocycles. The summed E-state index contributed by atoms with van der Waals surface area (Å²) in [4.78, 5) is 13.6. The molecule has 2 rings (SSSR count). The molecule has 0 atom stereocenters. The molecule has 1 saturated carbocycles. The van der Waals surface area contributed by atoms with Crippen LogP contribution in [-0.4, -0.2) is 25.0 Å². The second-order valence-corrected chi connectivity index (χ2v) is 4.28. The van der Waals surface area contributed by atoms with Gasteiger partial charge in [-0.05, 0) is 18.9 Å². The van der Waals surface area contributed by atoms with Crippen molar-refractivity contribution in [3.05, 3.63) is 29.8 Å². The Labute approximate surface area is 96.0 Å². The largest absolute Gasteiger partial charge is 0.496 e. The van der Waals surface area contributed by atoms with E-state index in [1.54, 1.807) is 12.0 Å². The lowest BCUT2D eigenvalue weighted by molar-refractivity contribution is -0.131. The van der Waals surface area contributed by atoms with Gasteiger partial charge in [0.1, 0.15) is 5.75 Å². The number of carbonyl (C=O) groups excluding carboxylic acids is 1. The molecule has 1 amide bonds. The van der Waals surface area contributed by atoms with Gasteiger partial charge in [0, 0.05) is 25.1 Å². The van der Waals surface area contributed by atoms with Crippen molar-refractivity contribution in [3.8, 4) is 5.75 Å². The third kappa shape index (κ3) is 2.35. The van der Waals surface area contributed by atoms with Crippen LogP contribution in [0.3, 0.4) is 0 Å². The van der Waals surface area contributed by atoms with Crippen molar-refractivity contribution in [2.24, 2.45) is 5.92 Å². The van der Waals surface area contributed by atoms with Crippen molar-refractivity contribution in [1.82, 2.24) is 4.90 Å². The highest BCUT2D eigenvalue weighted by molar-refractivity contribution is 5.80. The molecule has 0 unspecified atom stereocenters. The van der Waals surface area contributed by atoms with Gasteiger partial charge in [0.2, 0.25) is 5.91 Å². The number of benzene rings is 1. The van der Waals surface area contributed by atoms with Crippen molar-refractivity contribution in [2.75, 3.05) is 14.2 Å². The van der Waals surface area contributed by atoms with E-state index in [1.807, 2.05) is 31.3 Å². The van der Waals surface area contributed by atoms with Gasteiger partial charge < -0.3 is 9.64 Å². The summed E-state index contributed by atoms with van der Waals surface area (Å²) in [6.07, 6.45) is 2.10. The van der Waals surface area contributed by atoms with Gasteiger partial charge in [0.05, 0.1) is 7.11 Å². The van der Waals surface area contributed by atoms with Gasteiger partial charge in [0.15, 0.2) is 0 Å². The first kappa shape index (κ1) is 11.0. The summed E-state index contributed by atoms with van der Waals surface area (Å²) >= 11 is 0. The SMILES string of the molecule is COc1ccccc1CN(C)C(=O)C1CC1. The van der Waals surface area contributed by atoms with E-state index in [0.717, 1.165) is 24.2 Å². The number of hydrogen-bond acceptors (Lipinski definition) is 2. The molecule has 0 radical (unpaired) electrons. The first-order chi connectivity index (χ1) is 7.72. The number of methoxy groups -OCH3 is 1. The lowest BCUT2D eigenvalue weighted by atomic mass is 10.2. The number of para-hydroxylation sites is 1.